The Hall–Kier alpha value is -2.51. The smallest absolute Gasteiger partial charge is 0.416 e. The van der Waals surface area contributed by atoms with E-state index < -0.39 is 17.6 Å². The zero-order valence-electron chi connectivity index (χ0n) is 12.9. The van der Waals surface area contributed by atoms with Gasteiger partial charge in [-0.2, -0.15) is 18.3 Å². The number of nitrogens with two attached hydrogens (primary N) is 1. The number of carbonyl (C=O) groups excluding carboxylic acids is 1. The van der Waals surface area contributed by atoms with E-state index >= 15 is 0 Å². The molecule has 0 spiro atoms. The molecule has 124 valence electrons. The van der Waals surface area contributed by atoms with Crippen LogP contribution in [-0.2, 0) is 17.5 Å². The van der Waals surface area contributed by atoms with Gasteiger partial charge in [-0.15, -0.1) is 0 Å². The summed E-state index contributed by atoms with van der Waals surface area (Å²) in [5.74, 6) is -0.486. The summed E-state index contributed by atoms with van der Waals surface area (Å²) >= 11 is 0. The molecule has 2 rings (SSSR count). The van der Waals surface area contributed by atoms with Gasteiger partial charge in [-0.1, -0.05) is 0 Å². The molecule has 23 heavy (non-hydrogen) atoms. The van der Waals surface area contributed by atoms with Crippen molar-refractivity contribution in [3.05, 3.63) is 35.2 Å². The summed E-state index contributed by atoms with van der Waals surface area (Å²) in [6.07, 6.45) is -4.49. The highest BCUT2D eigenvalue weighted by molar-refractivity contribution is 5.75. The molecule has 0 saturated carbocycles. The van der Waals surface area contributed by atoms with E-state index in [1.54, 1.807) is 13.8 Å². The number of rotatable bonds is 4. The SMILES string of the molecule is COc1cc(-c2c(C)nn(CC(N)=O)c2C)cc(C(F)(F)F)c1. The number of methoxy groups -OCH3 is 1. The van der Waals surface area contributed by atoms with E-state index in [-0.39, 0.29) is 12.3 Å². The summed E-state index contributed by atoms with van der Waals surface area (Å²) in [6.45, 7) is 3.19. The van der Waals surface area contributed by atoms with Gasteiger partial charge in [-0.25, -0.2) is 0 Å². The van der Waals surface area contributed by atoms with Crippen molar-refractivity contribution in [2.45, 2.75) is 26.6 Å². The van der Waals surface area contributed by atoms with Gasteiger partial charge in [-0.05, 0) is 37.6 Å². The Bertz CT molecular complexity index is 751. The minimum absolute atomic E-state index is 0.0938. The number of carbonyl (C=O) groups is 1. The Morgan fingerprint density at radius 3 is 2.48 bits per heavy atom. The van der Waals surface area contributed by atoms with Crippen molar-refractivity contribution < 1.29 is 22.7 Å². The van der Waals surface area contributed by atoms with E-state index in [1.807, 2.05) is 0 Å². The molecule has 0 fully saturated rings. The largest absolute Gasteiger partial charge is 0.497 e. The highest BCUT2D eigenvalue weighted by Crippen LogP contribution is 2.37. The van der Waals surface area contributed by atoms with Gasteiger partial charge >= 0.3 is 6.18 Å². The first-order valence-electron chi connectivity index (χ1n) is 6.72. The molecule has 1 aromatic heterocycles. The minimum Gasteiger partial charge on any atom is -0.497 e. The van der Waals surface area contributed by atoms with Crippen molar-refractivity contribution in [1.29, 1.82) is 0 Å². The molecule has 0 aliphatic heterocycles. The van der Waals surface area contributed by atoms with Gasteiger partial charge < -0.3 is 10.5 Å². The third-order valence-corrected chi connectivity index (χ3v) is 3.45. The van der Waals surface area contributed by atoms with Crippen molar-refractivity contribution in [1.82, 2.24) is 9.78 Å². The fourth-order valence-corrected chi connectivity index (χ4v) is 2.44. The molecule has 0 radical (unpaired) electrons. The lowest BCUT2D eigenvalue weighted by Gasteiger charge is -2.12. The molecule has 5 nitrogen and oxygen atoms in total. The quantitative estimate of drug-likeness (QED) is 0.938. The van der Waals surface area contributed by atoms with E-state index in [0.29, 0.717) is 22.5 Å². The first kappa shape index (κ1) is 16.9. The fraction of sp³-hybridized carbons (Fsp3) is 0.333. The monoisotopic (exact) mass is 327 g/mol. The number of ether oxygens (including phenoxy) is 1. The number of aromatic nitrogens is 2. The summed E-state index contributed by atoms with van der Waals surface area (Å²) in [6, 6.07) is 3.47. The molecule has 0 saturated heterocycles. The molecule has 0 atom stereocenters. The number of nitrogens with zero attached hydrogens (tertiary/aromatic N) is 2. The van der Waals surface area contributed by atoms with Crippen molar-refractivity contribution in [3.8, 4) is 16.9 Å². The predicted molar refractivity (Wildman–Crippen MR) is 77.9 cm³/mol. The Kier molecular flexibility index (Phi) is 4.35. The van der Waals surface area contributed by atoms with Crippen LogP contribution in [0.2, 0.25) is 0 Å². The van der Waals surface area contributed by atoms with Crippen LogP contribution in [0.25, 0.3) is 11.1 Å². The molecule has 8 heteroatoms. The van der Waals surface area contributed by atoms with Gasteiger partial charge in [0.1, 0.15) is 12.3 Å². The molecule has 0 unspecified atom stereocenters. The average molecular weight is 327 g/mol. The Labute approximate surface area is 130 Å². The standard InChI is InChI=1S/C15H16F3N3O2/c1-8-14(9(2)21(20-8)7-13(19)22)10-4-11(15(16,17)18)6-12(5-10)23-3/h4-6H,7H2,1-3H3,(H2,19,22). The van der Waals surface area contributed by atoms with Crippen molar-refractivity contribution in [3.63, 3.8) is 0 Å². The second kappa shape index (κ2) is 5.94. The number of hydrogen-bond acceptors (Lipinski definition) is 3. The van der Waals surface area contributed by atoms with E-state index in [4.69, 9.17) is 10.5 Å². The lowest BCUT2D eigenvalue weighted by Crippen LogP contribution is -2.20. The van der Waals surface area contributed by atoms with E-state index in [1.165, 1.54) is 17.9 Å². The van der Waals surface area contributed by atoms with Gasteiger partial charge in [-0.3, -0.25) is 9.48 Å². The lowest BCUT2D eigenvalue weighted by atomic mass is 10.0. The van der Waals surface area contributed by atoms with Crippen molar-refractivity contribution >= 4 is 5.91 Å². The van der Waals surface area contributed by atoms with Gasteiger partial charge in [0.25, 0.3) is 0 Å². The second-order valence-corrected chi connectivity index (χ2v) is 5.12. The van der Waals surface area contributed by atoms with Crippen LogP contribution in [0.15, 0.2) is 18.2 Å². The van der Waals surface area contributed by atoms with Crippen molar-refractivity contribution in [2.24, 2.45) is 5.73 Å². The molecule has 0 aliphatic carbocycles. The predicted octanol–water partition coefficient (Wildman–Crippen LogP) is 2.68. The number of aryl methyl sites for hydroxylation is 1. The van der Waals surface area contributed by atoms with Gasteiger partial charge in [0, 0.05) is 11.3 Å². The van der Waals surface area contributed by atoms with E-state index in [2.05, 4.69) is 5.10 Å². The van der Waals surface area contributed by atoms with Gasteiger partial charge in [0.05, 0.1) is 18.4 Å². The molecule has 1 amide bonds. The molecular weight excluding hydrogens is 311 g/mol. The van der Waals surface area contributed by atoms with Crippen LogP contribution in [0.4, 0.5) is 13.2 Å². The minimum atomic E-state index is -4.49. The maximum atomic E-state index is 13.0. The number of primary amides is 1. The molecule has 0 bridgehead atoms. The van der Waals surface area contributed by atoms with Gasteiger partial charge in [0.2, 0.25) is 5.91 Å². The maximum absolute atomic E-state index is 13.0. The van der Waals surface area contributed by atoms with Crippen LogP contribution >= 0.6 is 0 Å². The zero-order valence-corrected chi connectivity index (χ0v) is 12.9. The second-order valence-electron chi connectivity index (χ2n) is 5.12. The topological polar surface area (TPSA) is 70.1 Å². The van der Waals surface area contributed by atoms with Crippen LogP contribution in [0, 0.1) is 13.8 Å². The van der Waals surface area contributed by atoms with Crippen molar-refractivity contribution in [2.75, 3.05) is 7.11 Å². The summed E-state index contributed by atoms with van der Waals surface area (Å²) in [5.41, 5.74) is 6.25. The maximum Gasteiger partial charge on any atom is 0.416 e. The van der Waals surface area contributed by atoms with E-state index in [9.17, 15) is 18.0 Å². The van der Waals surface area contributed by atoms with E-state index in [0.717, 1.165) is 12.1 Å². The first-order valence-corrected chi connectivity index (χ1v) is 6.72. The van der Waals surface area contributed by atoms with Crippen LogP contribution < -0.4 is 10.5 Å². The summed E-state index contributed by atoms with van der Waals surface area (Å²) in [4.78, 5) is 11.1. The normalized spacial score (nSPS) is 11.6. The third-order valence-electron chi connectivity index (χ3n) is 3.45. The van der Waals surface area contributed by atoms with Crippen LogP contribution in [0.5, 0.6) is 5.75 Å². The molecule has 2 aromatic rings. The van der Waals surface area contributed by atoms with Crippen LogP contribution in [0.3, 0.4) is 0 Å². The Morgan fingerprint density at radius 1 is 1.30 bits per heavy atom. The Balaban J connectivity index is 2.62. The average Bonchev–Trinajstić information content (AvgIpc) is 2.71. The summed E-state index contributed by atoms with van der Waals surface area (Å²) in [5, 5.41) is 4.17. The van der Waals surface area contributed by atoms with Gasteiger partial charge in [0.15, 0.2) is 0 Å². The highest BCUT2D eigenvalue weighted by Gasteiger charge is 2.32. The molecule has 1 aromatic carbocycles. The number of amides is 1. The third kappa shape index (κ3) is 3.46. The van der Waals surface area contributed by atoms with Crippen LogP contribution in [0.1, 0.15) is 17.0 Å². The number of hydrogen-bond donors (Lipinski definition) is 1. The number of benzene rings is 1. The lowest BCUT2D eigenvalue weighted by molar-refractivity contribution is -0.137. The summed E-state index contributed by atoms with van der Waals surface area (Å²) in [7, 11) is 1.30. The molecule has 2 N–H and O–H groups in total. The fourth-order valence-electron chi connectivity index (χ4n) is 2.44. The first-order chi connectivity index (χ1) is 10.6. The number of halogens is 3. The molecule has 0 aliphatic rings. The summed E-state index contributed by atoms with van der Waals surface area (Å²) < 4.78 is 45.5. The molecule has 1 heterocycles. The highest BCUT2D eigenvalue weighted by atomic mass is 19.4. The Morgan fingerprint density at radius 2 is 1.96 bits per heavy atom. The molecular formula is C15H16F3N3O2. The van der Waals surface area contributed by atoms with Crippen LogP contribution in [-0.4, -0.2) is 22.8 Å². The zero-order chi connectivity index (χ0) is 17.4. The number of alkyl halides is 3.